The summed E-state index contributed by atoms with van der Waals surface area (Å²) in [5.74, 6) is -0.650. The molecule has 1 aromatic rings. The normalized spacial score (nSPS) is 11.6. The average molecular weight is 302 g/mol. The molecule has 0 aliphatic heterocycles. The van der Waals surface area contributed by atoms with E-state index in [-0.39, 0.29) is 13.0 Å². The molecular formula is C13H16ClNO5. The van der Waals surface area contributed by atoms with E-state index in [1.807, 2.05) is 0 Å². The molecule has 110 valence electrons. The van der Waals surface area contributed by atoms with E-state index >= 15 is 0 Å². The van der Waals surface area contributed by atoms with Gasteiger partial charge in [0, 0.05) is 0 Å². The van der Waals surface area contributed by atoms with Crippen LogP contribution in [0.2, 0.25) is 5.02 Å². The number of hydrogen-bond donors (Lipinski definition) is 2. The second-order valence-corrected chi connectivity index (χ2v) is 4.26. The third-order valence-electron chi connectivity index (χ3n) is 2.43. The Morgan fingerprint density at radius 2 is 2.10 bits per heavy atom. The topological polar surface area (TPSA) is 84.9 Å². The fraction of sp³-hybridized carbons (Fsp3) is 0.385. The van der Waals surface area contributed by atoms with Crippen molar-refractivity contribution in [2.45, 2.75) is 12.5 Å². The summed E-state index contributed by atoms with van der Waals surface area (Å²) in [4.78, 5) is 22.7. The number of ether oxygens (including phenoxy) is 2. The number of halogens is 1. The van der Waals surface area contributed by atoms with Gasteiger partial charge < -0.3 is 19.9 Å². The van der Waals surface area contributed by atoms with E-state index in [1.54, 1.807) is 24.3 Å². The molecule has 1 rings (SSSR count). The molecule has 0 spiro atoms. The van der Waals surface area contributed by atoms with Crippen LogP contribution >= 0.6 is 11.6 Å². The van der Waals surface area contributed by atoms with Crippen molar-refractivity contribution in [3.63, 3.8) is 0 Å². The number of aliphatic hydroxyl groups is 1. The summed E-state index contributed by atoms with van der Waals surface area (Å²) in [5, 5.41) is 11.7. The number of para-hydroxylation sites is 1. The van der Waals surface area contributed by atoms with Crippen LogP contribution in [-0.4, -0.2) is 43.3 Å². The van der Waals surface area contributed by atoms with E-state index in [0.29, 0.717) is 10.8 Å². The first kappa shape index (κ1) is 16.3. The SMILES string of the molecule is COC(=O)C(CO)NC(=O)CCOc1ccccc1Cl. The van der Waals surface area contributed by atoms with Gasteiger partial charge in [0.05, 0.1) is 31.8 Å². The number of esters is 1. The van der Waals surface area contributed by atoms with Crippen LogP contribution in [0.5, 0.6) is 5.75 Å². The number of benzene rings is 1. The van der Waals surface area contributed by atoms with Gasteiger partial charge in [0.1, 0.15) is 5.75 Å². The summed E-state index contributed by atoms with van der Waals surface area (Å²) < 4.78 is 9.77. The molecule has 1 amide bonds. The first-order chi connectivity index (χ1) is 9.58. The minimum absolute atomic E-state index is 0.0265. The van der Waals surface area contributed by atoms with Crippen LogP contribution in [0.1, 0.15) is 6.42 Å². The van der Waals surface area contributed by atoms with Crippen molar-refractivity contribution < 1.29 is 24.2 Å². The number of amides is 1. The largest absolute Gasteiger partial charge is 0.491 e. The molecule has 0 saturated heterocycles. The molecule has 20 heavy (non-hydrogen) atoms. The molecule has 0 aromatic heterocycles. The van der Waals surface area contributed by atoms with Gasteiger partial charge in [-0.1, -0.05) is 23.7 Å². The number of carbonyl (C=O) groups is 2. The minimum atomic E-state index is -1.06. The van der Waals surface area contributed by atoms with Crippen LogP contribution in [-0.2, 0) is 14.3 Å². The van der Waals surface area contributed by atoms with Gasteiger partial charge in [-0.15, -0.1) is 0 Å². The lowest BCUT2D eigenvalue weighted by Gasteiger charge is -2.14. The highest BCUT2D eigenvalue weighted by atomic mass is 35.5. The Kier molecular flexibility index (Phi) is 6.83. The predicted molar refractivity (Wildman–Crippen MR) is 72.6 cm³/mol. The smallest absolute Gasteiger partial charge is 0.330 e. The molecule has 0 saturated carbocycles. The summed E-state index contributed by atoms with van der Waals surface area (Å²) in [7, 11) is 1.18. The Hall–Kier alpha value is -1.79. The average Bonchev–Trinajstić information content (AvgIpc) is 2.46. The van der Waals surface area contributed by atoms with Crippen molar-refractivity contribution in [3.05, 3.63) is 29.3 Å². The maximum Gasteiger partial charge on any atom is 0.330 e. The van der Waals surface area contributed by atoms with Gasteiger partial charge in [-0.2, -0.15) is 0 Å². The maximum absolute atomic E-state index is 11.6. The van der Waals surface area contributed by atoms with Gasteiger partial charge in [-0.05, 0) is 12.1 Å². The maximum atomic E-state index is 11.6. The van der Waals surface area contributed by atoms with Gasteiger partial charge in [-0.25, -0.2) is 4.79 Å². The monoisotopic (exact) mass is 301 g/mol. The molecule has 1 unspecified atom stereocenters. The molecule has 6 nitrogen and oxygen atoms in total. The molecule has 1 atom stereocenters. The molecule has 0 aliphatic carbocycles. The Labute approximate surface area is 121 Å². The third-order valence-corrected chi connectivity index (χ3v) is 2.74. The second kappa shape index (κ2) is 8.39. The first-order valence-corrected chi connectivity index (χ1v) is 6.31. The zero-order valence-corrected chi connectivity index (χ0v) is 11.7. The van der Waals surface area contributed by atoms with Crippen molar-refractivity contribution in [3.8, 4) is 5.75 Å². The van der Waals surface area contributed by atoms with E-state index in [9.17, 15) is 9.59 Å². The quantitative estimate of drug-likeness (QED) is 0.726. The fourth-order valence-corrected chi connectivity index (χ4v) is 1.59. The highest BCUT2D eigenvalue weighted by molar-refractivity contribution is 6.32. The lowest BCUT2D eigenvalue weighted by atomic mass is 10.3. The highest BCUT2D eigenvalue weighted by Crippen LogP contribution is 2.22. The van der Waals surface area contributed by atoms with Crippen LogP contribution < -0.4 is 10.1 Å². The third kappa shape index (κ3) is 5.07. The van der Waals surface area contributed by atoms with E-state index < -0.39 is 24.5 Å². The summed E-state index contributed by atoms with van der Waals surface area (Å²) in [5.41, 5.74) is 0. The van der Waals surface area contributed by atoms with Gasteiger partial charge in [0.15, 0.2) is 6.04 Å². The Morgan fingerprint density at radius 3 is 2.70 bits per heavy atom. The first-order valence-electron chi connectivity index (χ1n) is 5.94. The van der Waals surface area contributed by atoms with Crippen molar-refractivity contribution in [1.29, 1.82) is 0 Å². The van der Waals surface area contributed by atoms with Crippen molar-refractivity contribution in [2.24, 2.45) is 0 Å². The van der Waals surface area contributed by atoms with Gasteiger partial charge in [-0.3, -0.25) is 4.79 Å². The van der Waals surface area contributed by atoms with Gasteiger partial charge in [0.2, 0.25) is 5.91 Å². The molecule has 7 heteroatoms. The summed E-state index contributed by atoms with van der Waals surface area (Å²) in [6.07, 6.45) is 0.0265. The molecule has 0 heterocycles. The zero-order valence-electron chi connectivity index (χ0n) is 11.0. The number of carbonyl (C=O) groups excluding carboxylic acids is 2. The lowest BCUT2D eigenvalue weighted by Crippen LogP contribution is -2.44. The van der Waals surface area contributed by atoms with E-state index in [4.69, 9.17) is 21.4 Å². The number of aliphatic hydroxyl groups excluding tert-OH is 1. The molecule has 0 bridgehead atoms. The fourth-order valence-electron chi connectivity index (χ4n) is 1.40. The Balaban J connectivity index is 2.37. The number of hydrogen-bond acceptors (Lipinski definition) is 5. The van der Waals surface area contributed by atoms with E-state index in [2.05, 4.69) is 10.1 Å². The van der Waals surface area contributed by atoms with Crippen LogP contribution in [0.15, 0.2) is 24.3 Å². The van der Waals surface area contributed by atoms with Gasteiger partial charge >= 0.3 is 5.97 Å². The van der Waals surface area contributed by atoms with Crippen LogP contribution in [0, 0.1) is 0 Å². The second-order valence-electron chi connectivity index (χ2n) is 3.85. The Bertz CT molecular complexity index is 466. The predicted octanol–water partition coefficient (Wildman–Crippen LogP) is 0.759. The summed E-state index contributed by atoms with van der Waals surface area (Å²) >= 11 is 5.89. The lowest BCUT2D eigenvalue weighted by molar-refractivity contribution is -0.146. The van der Waals surface area contributed by atoms with E-state index in [0.717, 1.165) is 0 Å². The highest BCUT2D eigenvalue weighted by Gasteiger charge is 2.20. The van der Waals surface area contributed by atoms with Crippen LogP contribution in [0.25, 0.3) is 0 Å². The molecule has 0 fully saturated rings. The standard InChI is InChI=1S/C13H16ClNO5/c1-19-13(18)10(8-16)15-12(17)6-7-20-11-5-3-2-4-9(11)14/h2-5,10,16H,6-8H2,1H3,(H,15,17). The van der Waals surface area contributed by atoms with E-state index in [1.165, 1.54) is 7.11 Å². The molecule has 0 aliphatic rings. The van der Waals surface area contributed by atoms with Crippen molar-refractivity contribution in [2.75, 3.05) is 20.3 Å². The number of nitrogens with one attached hydrogen (secondary N) is 1. The van der Waals surface area contributed by atoms with Crippen molar-refractivity contribution in [1.82, 2.24) is 5.32 Å². The molecular weight excluding hydrogens is 286 g/mol. The minimum Gasteiger partial charge on any atom is -0.491 e. The van der Waals surface area contributed by atoms with Crippen molar-refractivity contribution >= 4 is 23.5 Å². The zero-order chi connectivity index (χ0) is 15.0. The number of methoxy groups -OCH3 is 1. The summed E-state index contributed by atoms with van der Waals surface area (Å²) in [6.45, 7) is -0.418. The molecule has 0 radical (unpaired) electrons. The van der Waals surface area contributed by atoms with Crippen LogP contribution in [0.4, 0.5) is 0 Å². The summed E-state index contributed by atoms with van der Waals surface area (Å²) in [6, 6.07) is 5.83. The molecule has 2 N–H and O–H groups in total. The van der Waals surface area contributed by atoms with Crippen LogP contribution in [0.3, 0.4) is 0 Å². The number of rotatable bonds is 7. The molecule has 1 aromatic carbocycles. The van der Waals surface area contributed by atoms with Gasteiger partial charge in [0.25, 0.3) is 0 Å². The Morgan fingerprint density at radius 1 is 1.40 bits per heavy atom.